The van der Waals surface area contributed by atoms with E-state index in [1.165, 1.54) is 0 Å². The quantitative estimate of drug-likeness (QED) is 0.782. The molecule has 0 spiro atoms. The van der Waals surface area contributed by atoms with E-state index in [1.807, 2.05) is 29.0 Å². The topological polar surface area (TPSA) is 36.3 Å². The summed E-state index contributed by atoms with van der Waals surface area (Å²) in [6.07, 6.45) is 6.42. The number of imidazole rings is 1. The molecule has 0 fully saturated rings. The maximum absolute atomic E-state index is 5.20. The number of methoxy groups -OCH3 is 2. The molecule has 1 radical (unpaired) electrons. The first kappa shape index (κ1) is 10.5. The van der Waals surface area contributed by atoms with Crippen molar-refractivity contribution in [2.45, 2.75) is 6.54 Å². The van der Waals surface area contributed by atoms with Crippen molar-refractivity contribution in [3.05, 3.63) is 42.5 Å². The Morgan fingerprint density at radius 3 is 2.38 bits per heavy atom. The number of rotatable bonds is 4. The maximum Gasteiger partial charge on any atom is 0.176 e. The third-order valence-corrected chi connectivity index (χ3v) is 2.27. The van der Waals surface area contributed by atoms with Gasteiger partial charge in [-0.25, -0.2) is 4.98 Å². The number of nitrogens with zero attached hydrogens (tertiary/aromatic N) is 2. The van der Waals surface area contributed by atoms with Crippen LogP contribution in [-0.4, -0.2) is 23.8 Å². The molecular weight excluding hydrogens is 204 g/mol. The lowest BCUT2D eigenvalue weighted by Gasteiger charge is -2.08. The Balaban J connectivity index is 2.26. The highest BCUT2D eigenvalue weighted by molar-refractivity contribution is 5.38. The normalized spacial score (nSPS) is 10.1. The van der Waals surface area contributed by atoms with Crippen LogP contribution in [0.4, 0.5) is 0 Å². The summed E-state index contributed by atoms with van der Waals surface area (Å²) < 4.78 is 12.3. The van der Waals surface area contributed by atoms with Gasteiger partial charge < -0.3 is 14.0 Å². The SMILES string of the molecule is COc1cc(Cn2[c]ncc2)cc(OC)c1. The van der Waals surface area contributed by atoms with Crippen molar-refractivity contribution in [3.63, 3.8) is 0 Å². The summed E-state index contributed by atoms with van der Waals surface area (Å²) in [5.41, 5.74) is 1.09. The summed E-state index contributed by atoms with van der Waals surface area (Å²) in [5, 5.41) is 0. The summed E-state index contributed by atoms with van der Waals surface area (Å²) in [4.78, 5) is 3.88. The van der Waals surface area contributed by atoms with Crippen LogP contribution in [0.5, 0.6) is 11.5 Å². The van der Waals surface area contributed by atoms with E-state index in [9.17, 15) is 0 Å². The molecule has 0 N–H and O–H groups in total. The maximum atomic E-state index is 5.20. The van der Waals surface area contributed by atoms with E-state index in [2.05, 4.69) is 11.3 Å². The highest BCUT2D eigenvalue weighted by Gasteiger charge is 2.02. The molecule has 1 aromatic carbocycles. The standard InChI is InChI=1S/C12H13N2O2/c1-15-11-5-10(6-12(7-11)16-2)8-14-4-3-13-9-14/h3-7H,8H2,1-2H3. The van der Waals surface area contributed by atoms with E-state index < -0.39 is 0 Å². The van der Waals surface area contributed by atoms with Gasteiger partial charge in [0, 0.05) is 25.0 Å². The lowest BCUT2D eigenvalue weighted by molar-refractivity contribution is 0.393. The largest absolute Gasteiger partial charge is 0.497 e. The van der Waals surface area contributed by atoms with Gasteiger partial charge in [0.15, 0.2) is 6.33 Å². The van der Waals surface area contributed by atoms with Gasteiger partial charge >= 0.3 is 0 Å². The fourth-order valence-electron chi connectivity index (χ4n) is 1.50. The van der Waals surface area contributed by atoms with Gasteiger partial charge in [-0.1, -0.05) is 0 Å². The van der Waals surface area contributed by atoms with E-state index in [0.717, 1.165) is 17.1 Å². The van der Waals surface area contributed by atoms with Crippen LogP contribution in [0.2, 0.25) is 0 Å². The van der Waals surface area contributed by atoms with Gasteiger partial charge in [0.05, 0.1) is 14.2 Å². The van der Waals surface area contributed by atoms with Gasteiger partial charge in [0.2, 0.25) is 0 Å². The molecule has 4 heteroatoms. The van der Waals surface area contributed by atoms with Crippen LogP contribution >= 0.6 is 0 Å². The second-order valence-electron chi connectivity index (χ2n) is 3.38. The Kier molecular flexibility index (Phi) is 3.10. The average Bonchev–Trinajstić information content (AvgIpc) is 2.81. The molecule has 0 aliphatic carbocycles. The van der Waals surface area contributed by atoms with Crippen LogP contribution in [0.3, 0.4) is 0 Å². The first-order valence-electron chi connectivity index (χ1n) is 4.92. The molecule has 0 aliphatic rings. The lowest BCUT2D eigenvalue weighted by Crippen LogP contribution is -1.98. The first-order chi connectivity index (χ1) is 7.81. The van der Waals surface area contributed by atoms with E-state index in [4.69, 9.17) is 9.47 Å². The van der Waals surface area contributed by atoms with Gasteiger partial charge in [0.1, 0.15) is 11.5 Å². The molecule has 1 heterocycles. The Morgan fingerprint density at radius 1 is 1.19 bits per heavy atom. The van der Waals surface area contributed by atoms with E-state index >= 15 is 0 Å². The Labute approximate surface area is 94.4 Å². The molecule has 2 aromatic rings. The predicted octanol–water partition coefficient (Wildman–Crippen LogP) is 1.75. The zero-order chi connectivity index (χ0) is 11.4. The number of benzene rings is 1. The zero-order valence-corrected chi connectivity index (χ0v) is 9.30. The van der Waals surface area contributed by atoms with Crippen molar-refractivity contribution >= 4 is 0 Å². The molecule has 0 aliphatic heterocycles. The second kappa shape index (κ2) is 4.70. The van der Waals surface area contributed by atoms with Crippen LogP contribution in [-0.2, 0) is 6.54 Å². The zero-order valence-electron chi connectivity index (χ0n) is 9.30. The molecule has 83 valence electrons. The molecule has 0 atom stereocenters. The van der Waals surface area contributed by atoms with Crippen molar-refractivity contribution in [1.29, 1.82) is 0 Å². The van der Waals surface area contributed by atoms with Crippen molar-refractivity contribution in [2.75, 3.05) is 14.2 Å². The molecule has 0 bridgehead atoms. The van der Waals surface area contributed by atoms with Gasteiger partial charge in [-0.2, -0.15) is 0 Å². The van der Waals surface area contributed by atoms with Crippen LogP contribution in [0, 0.1) is 6.33 Å². The summed E-state index contributed by atoms with van der Waals surface area (Å²) in [6, 6.07) is 5.79. The smallest absolute Gasteiger partial charge is 0.176 e. The van der Waals surface area contributed by atoms with Gasteiger partial charge in [-0.3, -0.25) is 0 Å². The van der Waals surface area contributed by atoms with Gasteiger partial charge in [0.25, 0.3) is 0 Å². The van der Waals surface area contributed by atoms with Crippen LogP contribution in [0.1, 0.15) is 5.56 Å². The average molecular weight is 217 g/mol. The van der Waals surface area contributed by atoms with E-state index in [0.29, 0.717) is 6.54 Å². The number of hydrogen-bond donors (Lipinski definition) is 0. The monoisotopic (exact) mass is 217 g/mol. The van der Waals surface area contributed by atoms with E-state index in [-0.39, 0.29) is 0 Å². The third kappa shape index (κ3) is 2.34. The number of hydrogen-bond acceptors (Lipinski definition) is 3. The molecule has 2 rings (SSSR count). The minimum absolute atomic E-state index is 0.702. The minimum Gasteiger partial charge on any atom is -0.497 e. The van der Waals surface area contributed by atoms with Crippen molar-refractivity contribution in [2.24, 2.45) is 0 Å². The van der Waals surface area contributed by atoms with Crippen LogP contribution < -0.4 is 9.47 Å². The molecule has 16 heavy (non-hydrogen) atoms. The molecule has 0 unspecified atom stereocenters. The van der Waals surface area contributed by atoms with Crippen molar-refractivity contribution in [3.8, 4) is 11.5 Å². The molecular formula is C12H13N2O2. The van der Waals surface area contributed by atoms with Gasteiger partial charge in [-0.05, 0) is 17.7 Å². The fourth-order valence-corrected chi connectivity index (χ4v) is 1.50. The predicted molar refractivity (Wildman–Crippen MR) is 59.7 cm³/mol. The number of aromatic nitrogens is 2. The van der Waals surface area contributed by atoms with E-state index in [1.54, 1.807) is 20.4 Å². The van der Waals surface area contributed by atoms with Crippen LogP contribution in [0.25, 0.3) is 0 Å². The second-order valence-corrected chi connectivity index (χ2v) is 3.38. The highest BCUT2D eigenvalue weighted by atomic mass is 16.5. The molecule has 0 saturated heterocycles. The van der Waals surface area contributed by atoms with Crippen molar-refractivity contribution in [1.82, 2.24) is 9.55 Å². The Hall–Kier alpha value is -1.97. The molecule has 0 amide bonds. The third-order valence-electron chi connectivity index (χ3n) is 2.27. The highest BCUT2D eigenvalue weighted by Crippen LogP contribution is 2.22. The molecule has 4 nitrogen and oxygen atoms in total. The first-order valence-corrected chi connectivity index (χ1v) is 4.92. The summed E-state index contributed by atoms with van der Waals surface area (Å²) >= 11 is 0. The van der Waals surface area contributed by atoms with Gasteiger partial charge in [-0.15, -0.1) is 0 Å². The number of ether oxygens (including phenoxy) is 2. The fraction of sp³-hybridized carbons (Fsp3) is 0.250. The summed E-state index contributed by atoms with van der Waals surface area (Å²) in [7, 11) is 3.28. The lowest BCUT2D eigenvalue weighted by atomic mass is 10.2. The molecule has 0 saturated carbocycles. The molecule has 1 aromatic heterocycles. The minimum atomic E-state index is 0.702. The van der Waals surface area contributed by atoms with Crippen molar-refractivity contribution < 1.29 is 9.47 Å². The summed E-state index contributed by atoms with van der Waals surface area (Å²) in [6.45, 7) is 0.702. The Bertz CT molecular complexity index is 430. The van der Waals surface area contributed by atoms with Crippen LogP contribution in [0.15, 0.2) is 30.6 Å². The Morgan fingerprint density at radius 2 is 1.88 bits per heavy atom. The summed E-state index contributed by atoms with van der Waals surface area (Å²) in [5.74, 6) is 1.57.